The van der Waals surface area contributed by atoms with Crippen molar-refractivity contribution in [3.05, 3.63) is 181 Å². The molecule has 6 aromatic rings. The number of aliphatic carboxylic acids is 1. The fraction of sp³-hybridized carbons (Fsp3) is 0.167. The molecule has 1 unspecified atom stereocenters. The van der Waals surface area contributed by atoms with Crippen molar-refractivity contribution in [3.63, 3.8) is 0 Å². The lowest BCUT2D eigenvalue weighted by Crippen LogP contribution is -2.54. The molecular formula is C48H37Cl3N4O6. The predicted octanol–water partition coefficient (Wildman–Crippen LogP) is 9.58. The SMILES string of the molecule is N#Cc1ccc(-c2ccc(C[C@H](NC(=O)C3Cc4cc5c(cc4CN3Cc3ccccc3Cl)O[C@@H](c3ccc(OCc4ccc(Cl)c(Cl)c4)cc3)C(=O)N5)C(=O)O)cc2)cc1. The van der Waals surface area contributed by atoms with Crippen molar-refractivity contribution >= 4 is 58.3 Å². The molecule has 0 aliphatic carbocycles. The lowest BCUT2D eigenvalue weighted by molar-refractivity contribution is -0.142. The van der Waals surface area contributed by atoms with Gasteiger partial charge in [-0.2, -0.15) is 5.26 Å². The molecule has 0 saturated carbocycles. The molecule has 3 N–H and O–H groups in total. The fourth-order valence-corrected chi connectivity index (χ4v) is 8.06. The summed E-state index contributed by atoms with van der Waals surface area (Å²) >= 11 is 18.8. The maximum atomic E-state index is 14.2. The highest BCUT2D eigenvalue weighted by atomic mass is 35.5. The zero-order chi connectivity index (χ0) is 42.6. The van der Waals surface area contributed by atoms with Gasteiger partial charge in [-0.05, 0) is 100.0 Å². The Labute approximate surface area is 367 Å². The molecule has 13 heteroatoms. The molecule has 0 bridgehead atoms. The van der Waals surface area contributed by atoms with Gasteiger partial charge in [-0.25, -0.2) is 4.79 Å². The number of anilines is 1. The Morgan fingerprint density at radius 2 is 1.56 bits per heavy atom. The van der Waals surface area contributed by atoms with Gasteiger partial charge in [0, 0.05) is 30.1 Å². The molecule has 2 amide bonds. The number of fused-ring (bicyclic) bond motifs is 2. The minimum Gasteiger partial charge on any atom is -0.489 e. The molecule has 10 nitrogen and oxygen atoms in total. The number of hydrogen-bond acceptors (Lipinski definition) is 7. The number of carboxylic acid groups (broad SMARTS) is 1. The summed E-state index contributed by atoms with van der Waals surface area (Å²) in [4.78, 5) is 42.2. The molecule has 306 valence electrons. The first kappa shape index (κ1) is 41.4. The number of ether oxygens (including phenoxy) is 2. The van der Waals surface area contributed by atoms with E-state index in [-0.39, 0.29) is 25.4 Å². The molecule has 8 rings (SSSR count). The average molecular weight is 872 g/mol. The highest BCUT2D eigenvalue weighted by molar-refractivity contribution is 6.42. The van der Waals surface area contributed by atoms with E-state index in [2.05, 4.69) is 16.7 Å². The molecule has 6 aromatic carbocycles. The van der Waals surface area contributed by atoms with Crippen molar-refractivity contribution in [1.82, 2.24) is 10.2 Å². The van der Waals surface area contributed by atoms with Crippen molar-refractivity contribution in [2.45, 2.75) is 50.7 Å². The molecule has 0 saturated heterocycles. The topological polar surface area (TPSA) is 141 Å². The van der Waals surface area contributed by atoms with Gasteiger partial charge in [0.15, 0.2) is 0 Å². The number of nitriles is 1. The van der Waals surface area contributed by atoms with Crippen LogP contribution >= 0.6 is 34.8 Å². The molecule has 2 aliphatic rings. The quantitative estimate of drug-likeness (QED) is 0.111. The Kier molecular flexibility index (Phi) is 12.3. The smallest absolute Gasteiger partial charge is 0.326 e. The van der Waals surface area contributed by atoms with Crippen LogP contribution < -0.4 is 20.1 Å². The summed E-state index contributed by atoms with van der Waals surface area (Å²) in [6.07, 6.45) is -0.612. The van der Waals surface area contributed by atoms with Gasteiger partial charge in [0.2, 0.25) is 12.0 Å². The Balaban J connectivity index is 0.984. The van der Waals surface area contributed by atoms with Crippen LogP contribution in [-0.2, 0) is 46.9 Å². The summed E-state index contributed by atoms with van der Waals surface area (Å²) < 4.78 is 12.3. The van der Waals surface area contributed by atoms with Gasteiger partial charge in [0.25, 0.3) is 5.91 Å². The summed E-state index contributed by atoms with van der Waals surface area (Å²) in [5.41, 5.74) is 7.63. The molecular weight excluding hydrogens is 835 g/mol. The predicted molar refractivity (Wildman–Crippen MR) is 234 cm³/mol. The Morgan fingerprint density at radius 1 is 0.852 bits per heavy atom. The van der Waals surface area contributed by atoms with Crippen molar-refractivity contribution < 1.29 is 29.0 Å². The van der Waals surface area contributed by atoms with Crippen LogP contribution in [0.1, 0.15) is 45.0 Å². The van der Waals surface area contributed by atoms with Crippen LogP contribution in [0.25, 0.3) is 11.1 Å². The summed E-state index contributed by atoms with van der Waals surface area (Å²) in [6, 6.07) is 38.3. The van der Waals surface area contributed by atoms with Gasteiger partial charge in [0.1, 0.15) is 24.1 Å². The van der Waals surface area contributed by atoms with Crippen LogP contribution in [-0.4, -0.2) is 39.9 Å². The van der Waals surface area contributed by atoms with Crippen molar-refractivity contribution in [3.8, 4) is 28.7 Å². The number of nitrogens with zero attached hydrogens (tertiary/aromatic N) is 2. The van der Waals surface area contributed by atoms with E-state index in [1.165, 1.54) is 0 Å². The molecule has 0 aromatic heterocycles. The van der Waals surface area contributed by atoms with E-state index < -0.39 is 30.1 Å². The molecule has 2 aliphatic heterocycles. The largest absolute Gasteiger partial charge is 0.489 e. The second-order valence-corrected chi connectivity index (χ2v) is 16.1. The third kappa shape index (κ3) is 9.51. The molecule has 2 heterocycles. The lowest BCUT2D eigenvalue weighted by atomic mass is 9.91. The number of hydrogen-bond donors (Lipinski definition) is 3. The van der Waals surface area contributed by atoms with Crippen LogP contribution in [0.4, 0.5) is 5.69 Å². The first-order chi connectivity index (χ1) is 29.5. The van der Waals surface area contributed by atoms with Gasteiger partial charge >= 0.3 is 5.97 Å². The number of carbonyl (C=O) groups is 3. The lowest BCUT2D eigenvalue weighted by Gasteiger charge is -2.38. The number of rotatable bonds is 12. The van der Waals surface area contributed by atoms with Crippen LogP contribution in [0.3, 0.4) is 0 Å². The fourth-order valence-electron chi connectivity index (χ4n) is 7.54. The Bertz CT molecular complexity index is 2670. The normalized spacial score (nSPS) is 16.2. The molecule has 0 radical (unpaired) electrons. The summed E-state index contributed by atoms with van der Waals surface area (Å²) in [6.45, 7) is 0.929. The van der Waals surface area contributed by atoms with Crippen molar-refractivity contribution in [2.24, 2.45) is 0 Å². The minimum absolute atomic E-state index is 0.0646. The van der Waals surface area contributed by atoms with E-state index in [4.69, 9.17) is 49.5 Å². The standard InChI is InChI=1S/C48H37Cl3N4O6/c49-38-4-2-1-3-34(38)25-55-26-36-23-44-41(53-47(57)45(61-44)33-14-16-37(17-15-33)60-27-30-9-18-39(50)40(51)19-30)21-35(36)22-43(55)46(56)54-42(48(58)59)20-28-5-10-31(11-6-28)32-12-7-29(24-52)8-13-32/h1-19,21,23,42-43,45H,20,22,25-27H2,(H,53,57)(H,54,56)(H,58,59)/t42-,43?,45-/m0/s1. The Morgan fingerprint density at radius 3 is 2.25 bits per heavy atom. The second-order valence-electron chi connectivity index (χ2n) is 14.9. The minimum atomic E-state index is -1.20. The number of halogens is 3. The van der Waals surface area contributed by atoms with Crippen LogP contribution in [0.15, 0.2) is 127 Å². The van der Waals surface area contributed by atoms with Gasteiger partial charge in [-0.3, -0.25) is 14.5 Å². The first-order valence-corrected chi connectivity index (χ1v) is 20.5. The van der Waals surface area contributed by atoms with Gasteiger partial charge in [-0.15, -0.1) is 0 Å². The number of nitrogens with one attached hydrogen (secondary N) is 2. The first-order valence-electron chi connectivity index (χ1n) is 19.4. The van der Waals surface area contributed by atoms with Crippen LogP contribution in [0.2, 0.25) is 15.1 Å². The summed E-state index contributed by atoms with van der Waals surface area (Å²) in [5.74, 6) is -0.868. The molecule has 3 atom stereocenters. The molecule has 0 spiro atoms. The van der Waals surface area contributed by atoms with Crippen molar-refractivity contribution in [1.29, 1.82) is 5.26 Å². The third-order valence-electron chi connectivity index (χ3n) is 10.8. The maximum absolute atomic E-state index is 14.2. The number of carboxylic acids is 1. The van der Waals surface area contributed by atoms with Gasteiger partial charge < -0.3 is 25.2 Å². The third-order valence-corrected chi connectivity index (χ3v) is 11.9. The second kappa shape index (κ2) is 18.1. The number of amides is 2. The van der Waals surface area contributed by atoms with Crippen LogP contribution in [0.5, 0.6) is 11.5 Å². The highest BCUT2D eigenvalue weighted by Crippen LogP contribution is 2.40. The zero-order valence-electron chi connectivity index (χ0n) is 32.4. The average Bonchev–Trinajstić information content (AvgIpc) is 3.26. The zero-order valence-corrected chi connectivity index (χ0v) is 34.7. The van der Waals surface area contributed by atoms with E-state index in [0.29, 0.717) is 56.5 Å². The van der Waals surface area contributed by atoms with E-state index in [9.17, 15) is 19.5 Å². The highest BCUT2D eigenvalue weighted by Gasteiger charge is 2.37. The number of carbonyl (C=O) groups excluding carboxylic acids is 2. The Hall–Kier alpha value is -6.35. The summed E-state index contributed by atoms with van der Waals surface area (Å²) in [7, 11) is 0. The van der Waals surface area contributed by atoms with Gasteiger partial charge in [-0.1, -0.05) is 108 Å². The van der Waals surface area contributed by atoms with E-state index in [0.717, 1.165) is 38.9 Å². The maximum Gasteiger partial charge on any atom is 0.326 e. The summed E-state index contributed by atoms with van der Waals surface area (Å²) in [5, 5.41) is 26.7. The molecule has 61 heavy (non-hydrogen) atoms. The molecule has 0 fully saturated rings. The monoisotopic (exact) mass is 870 g/mol. The van der Waals surface area contributed by atoms with Crippen LogP contribution in [0, 0.1) is 11.3 Å². The number of benzene rings is 6. The van der Waals surface area contributed by atoms with E-state index in [1.54, 1.807) is 54.6 Å². The van der Waals surface area contributed by atoms with Crippen molar-refractivity contribution in [2.75, 3.05) is 5.32 Å². The van der Waals surface area contributed by atoms with Gasteiger partial charge in [0.05, 0.1) is 33.4 Å². The van der Waals surface area contributed by atoms with E-state index >= 15 is 0 Å². The van der Waals surface area contributed by atoms with E-state index in [1.807, 2.05) is 77.7 Å².